The molecule has 2 aromatic rings. The summed E-state index contributed by atoms with van der Waals surface area (Å²) < 4.78 is 23.8. The number of fused-ring (bicyclic) bond motifs is 2. The molecular weight excluding hydrogens is 933 g/mol. The molecule has 14 atom stereocenters. The Morgan fingerprint density at radius 3 is 1.54 bits per heavy atom. The van der Waals surface area contributed by atoms with Gasteiger partial charge in [0.15, 0.2) is 0 Å². The van der Waals surface area contributed by atoms with Gasteiger partial charge in [0.05, 0.1) is 92.9 Å². The van der Waals surface area contributed by atoms with Gasteiger partial charge in [-0.25, -0.2) is 9.97 Å². The fraction of sp³-hybridized carbons (Fsp3) is 0.704. The van der Waals surface area contributed by atoms with Crippen LogP contribution in [0.2, 0.25) is 0 Å². The maximum atomic E-state index is 13.2. The van der Waals surface area contributed by atoms with Crippen molar-refractivity contribution in [2.24, 2.45) is 34.5 Å². The normalized spacial score (nSPS) is 37.7. The van der Waals surface area contributed by atoms with Crippen molar-refractivity contribution in [3.8, 4) is 0 Å². The van der Waals surface area contributed by atoms with Crippen molar-refractivity contribution in [2.45, 2.75) is 208 Å². The van der Waals surface area contributed by atoms with Gasteiger partial charge in [-0.3, -0.25) is 19.2 Å². The second kappa shape index (κ2) is 23.2. The molecule has 4 aliphatic heterocycles. The number of carbonyl (C=O) groups excluding carboxylic acids is 4. The molecule has 2 aromatic heterocycles. The van der Waals surface area contributed by atoms with E-state index in [1.165, 1.54) is 0 Å². The van der Waals surface area contributed by atoms with Crippen LogP contribution in [0.4, 0.5) is 0 Å². The molecule has 4 aliphatic rings. The molecular formula is C54H80N2O12S2. The predicted molar refractivity (Wildman–Crippen MR) is 272 cm³/mol. The number of carbonyl (C=O) groups is 4. The molecule has 2 unspecified atom stereocenters. The van der Waals surface area contributed by atoms with Gasteiger partial charge in [0.1, 0.15) is 23.8 Å². The number of ether oxygens (including phenoxy) is 4. The number of ketones is 2. The first-order chi connectivity index (χ1) is 32.5. The van der Waals surface area contributed by atoms with Crippen molar-refractivity contribution in [3.05, 3.63) is 55.5 Å². The standard InChI is InChI=1S/C27H41NO6S.C27H39NO6S/c2*1-15-9-8-10-27(7)22(34-27)12-20(16(2)11-19-14-35-18(4)28-19)33-23(30)13-21(29)26(5,6)25(32)17(3)24(15)31/h11,14-15,17,20-22,24,29,31H,8-10,12-13H2,1-7H3;8-9,11,14-15,17,20-22,24,29,31H,10,12-13H2,1-7H3/b16-11+;9-8+,16-11+/t2*15-,17+,20-,21-,22?,24-,27+/m00/s1. The van der Waals surface area contributed by atoms with E-state index in [0.29, 0.717) is 19.3 Å². The molecule has 70 heavy (non-hydrogen) atoms. The number of hydrogen-bond donors (Lipinski definition) is 4. The third-order valence-electron chi connectivity index (χ3n) is 15.4. The summed E-state index contributed by atoms with van der Waals surface area (Å²) >= 11 is 3.11. The van der Waals surface area contributed by atoms with Crippen LogP contribution in [0.1, 0.15) is 156 Å². The molecule has 4 N–H and O–H groups in total. The number of aryl methyl sites for hydroxylation is 2. The molecule has 16 heteroatoms. The van der Waals surface area contributed by atoms with Gasteiger partial charge in [-0.1, -0.05) is 74.0 Å². The van der Waals surface area contributed by atoms with Gasteiger partial charge < -0.3 is 39.4 Å². The number of aromatic nitrogens is 2. The average molecular weight is 1010 g/mol. The van der Waals surface area contributed by atoms with Crippen LogP contribution in [-0.2, 0) is 38.1 Å². The second-order valence-electron chi connectivity index (χ2n) is 22.2. The molecule has 6 heterocycles. The molecule has 0 spiro atoms. The van der Waals surface area contributed by atoms with E-state index in [4.69, 9.17) is 18.9 Å². The van der Waals surface area contributed by atoms with Crippen molar-refractivity contribution in [3.63, 3.8) is 0 Å². The van der Waals surface area contributed by atoms with Crippen LogP contribution in [0.5, 0.6) is 0 Å². The van der Waals surface area contributed by atoms with E-state index in [1.807, 2.05) is 83.5 Å². The fourth-order valence-electron chi connectivity index (χ4n) is 9.74. The van der Waals surface area contributed by atoms with Crippen molar-refractivity contribution in [1.82, 2.24) is 9.97 Å². The lowest BCUT2D eigenvalue weighted by atomic mass is 9.73. The van der Waals surface area contributed by atoms with Crippen LogP contribution in [0.25, 0.3) is 12.2 Å². The number of rotatable bonds is 4. The van der Waals surface area contributed by atoms with Crippen molar-refractivity contribution >= 4 is 58.3 Å². The lowest BCUT2D eigenvalue weighted by Crippen LogP contribution is -2.45. The largest absolute Gasteiger partial charge is 0.458 e. The quantitative estimate of drug-likeness (QED) is 0.128. The molecule has 0 radical (unpaired) electrons. The first-order valence-corrected chi connectivity index (χ1v) is 26.7. The summed E-state index contributed by atoms with van der Waals surface area (Å²) in [6.45, 7) is 25.4. The number of nitrogens with zero attached hydrogens (tertiary/aromatic N) is 2. The molecule has 0 bridgehead atoms. The van der Waals surface area contributed by atoms with Crippen LogP contribution >= 0.6 is 22.7 Å². The maximum Gasteiger partial charge on any atom is 0.309 e. The predicted octanol–water partition coefficient (Wildman–Crippen LogP) is 8.73. The average Bonchev–Trinajstić information content (AvgIpc) is 3.94. The third-order valence-corrected chi connectivity index (χ3v) is 17.0. The first-order valence-electron chi connectivity index (χ1n) is 24.9. The molecule has 0 saturated carbocycles. The Kier molecular flexibility index (Phi) is 19.0. The minimum absolute atomic E-state index is 0.0455. The monoisotopic (exact) mass is 1010 g/mol. The molecule has 0 aromatic carbocycles. The zero-order valence-corrected chi connectivity index (χ0v) is 45.4. The Labute approximate surface area is 423 Å². The Hall–Kier alpha value is -3.48. The van der Waals surface area contributed by atoms with E-state index < -0.39 is 71.2 Å². The van der Waals surface area contributed by atoms with Crippen LogP contribution < -0.4 is 0 Å². The summed E-state index contributed by atoms with van der Waals surface area (Å²) in [6.07, 6.45) is 5.82. The van der Waals surface area contributed by atoms with Gasteiger partial charge in [-0.15, -0.1) is 22.7 Å². The molecule has 6 rings (SSSR count). The van der Waals surface area contributed by atoms with Gasteiger partial charge >= 0.3 is 11.9 Å². The fourth-order valence-corrected chi connectivity index (χ4v) is 10.9. The highest BCUT2D eigenvalue weighted by Crippen LogP contribution is 2.46. The second-order valence-corrected chi connectivity index (χ2v) is 24.3. The summed E-state index contributed by atoms with van der Waals surface area (Å²) in [4.78, 5) is 61.2. The van der Waals surface area contributed by atoms with Gasteiger partial charge in [-0.05, 0) is 90.0 Å². The van der Waals surface area contributed by atoms with Gasteiger partial charge in [0.2, 0.25) is 0 Å². The minimum atomic E-state index is -1.25. The summed E-state index contributed by atoms with van der Waals surface area (Å²) in [6, 6.07) is 0. The van der Waals surface area contributed by atoms with Crippen molar-refractivity contribution < 1.29 is 58.6 Å². The molecule has 0 amide bonds. The molecule has 3 saturated heterocycles. The molecule has 3 fully saturated rings. The van der Waals surface area contributed by atoms with E-state index in [-0.39, 0.29) is 59.7 Å². The minimum Gasteiger partial charge on any atom is -0.458 e. The van der Waals surface area contributed by atoms with E-state index in [9.17, 15) is 39.6 Å². The van der Waals surface area contributed by atoms with E-state index in [0.717, 1.165) is 51.8 Å². The SMILES string of the molecule is C/C(=C\c1csc(C)n1)[C@@H]1CC2O[C@]2(C)C/C=C/[C@H](C)[C@H](O)[C@@H](C)C(=O)C(C)(C)[C@@H](O)CC(=O)O1.C/C(=C\c1csc(C)n1)[C@@H]1CC2O[C@]2(C)CCC[C@H](C)[C@H](O)[C@@H](C)C(=O)C(C)(C)[C@@H](O)CC(=O)O1. The van der Waals surface area contributed by atoms with E-state index in [1.54, 1.807) is 64.2 Å². The zero-order valence-electron chi connectivity index (χ0n) is 43.8. The van der Waals surface area contributed by atoms with Crippen molar-refractivity contribution in [1.29, 1.82) is 0 Å². The van der Waals surface area contributed by atoms with Crippen LogP contribution in [-0.4, -0.2) is 114 Å². The molecule has 0 aliphatic carbocycles. The lowest BCUT2D eigenvalue weighted by Gasteiger charge is -2.34. The Balaban J connectivity index is 0.000000261. The molecule has 14 nitrogen and oxygen atoms in total. The van der Waals surface area contributed by atoms with Crippen molar-refractivity contribution in [2.75, 3.05) is 0 Å². The Morgan fingerprint density at radius 1 is 0.671 bits per heavy atom. The highest BCUT2D eigenvalue weighted by Gasteiger charge is 2.54. The Bertz CT molecular complexity index is 2260. The van der Waals surface area contributed by atoms with Gasteiger partial charge in [-0.2, -0.15) is 0 Å². The number of esters is 2. The Morgan fingerprint density at radius 2 is 1.10 bits per heavy atom. The zero-order chi connectivity index (χ0) is 52.3. The summed E-state index contributed by atoms with van der Waals surface area (Å²) in [7, 11) is 0. The molecule has 390 valence electrons. The van der Waals surface area contributed by atoms with E-state index >= 15 is 0 Å². The summed E-state index contributed by atoms with van der Waals surface area (Å²) in [5.74, 6) is -3.37. The van der Waals surface area contributed by atoms with Gasteiger partial charge in [0, 0.05) is 41.4 Å². The number of aliphatic hydroxyl groups excluding tert-OH is 4. The smallest absolute Gasteiger partial charge is 0.309 e. The van der Waals surface area contributed by atoms with E-state index in [2.05, 4.69) is 16.9 Å². The highest BCUT2D eigenvalue weighted by molar-refractivity contribution is 7.09. The van der Waals surface area contributed by atoms with Crippen LogP contribution in [0, 0.1) is 48.3 Å². The number of cyclic esters (lactones) is 2. The van der Waals surface area contributed by atoms with Crippen LogP contribution in [0.15, 0.2) is 34.1 Å². The van der Waals surface area contributed by atoms with Crippen LogP contribution in [0.3, 0.4) is 0 Å². The number of Topliss-reactive ketones (excluding diaryl/α,β-unsaturated/α-hetero) is 2. The topological polar surface area (TPSA) is 218 Å². The number of thiazole rings is 2. The number of epoxide rings is 2. The lowest BCUT2D eigenvalue weighted by molar-refractivity contribution is -0.156. The summed E-state index contributed by atoms with van der Waals surface area (Å²) in [5, 5.41) is 49.1. The summed E-state index contributed by atoms with van der Waals surface area (Å²) in [5.41, 5.74) is 0.218. The third kappa shape index (κ3) is 14.4. The maximum absolute atomic E-state index is 13.2. The van der Waals surface area contributed by atoms with Gasteiger partial charge in [0.25, 0.3) is 0 Å². The first kappa shape index (κ1) is 57.4. The highest BCUT2D eigenvalue weighted by atomic mass is 32.1. The number of hydrogen-bond acceptors (Lipinski definition) is 16. The number of aliphatic hydroxyl groups is 4.